The first kappa shape index (κ1) is 10.7. The average molecular weight is 241 g/mol. The Morgan fingerprint density at radius 2 is 2.11 bits per heavy atom. The molecule has 0 aliphatic rings. The van der Waals surface area contributed by atoms with Gasteiger partial charge in [-0.05, 0) is 31.2 Å². The Bertz CT molecular complexity index is 736. The van der Waals surface area contributed by atoms with E-state index in [0.29, 0.717) is 11.5 Å². The Morgan fingerprint density at radius 1 is 1.28 bits per heavy atom. The van der Waals surface area contributed by atoms with Gasteiger partial charge in [0.1, 0.15) is 5.56 Å². The third-order valence-corrected chi connectivity index (χ3v) is 2.92. The number of carboxylic acids is 1. The molecule has 0 saturated carbocycles. The molecule has 0 bridgehead atoms. The number of aromatic carboxylic acids is 1. The lowest BCUT2D eigenvalue weighted by Gasteiger charge is -1.94. The van der Waals surface area contributed by atoms with Crippen LogP contribution in [0.25, 0.3) is 22.4 Å². The van der Waals surface area contributed by atoms with E-state index in [2.05, 4.69) is 4.98 Å². The van der Waals surface area contributed by atoms with Gasteiger partial charge in [-0.1, -0.05) is 11.6 Å². The third kappa shape index (κ3) is 1.59. The van der Waals surface area contributed by atoms with Gasteiger partial charge in [-0.3, -0.25) is 0 Å². The number of aromatic amines is 1. The zero-order chi connectivity index (χ0) is 12.7. The van der Waals surface area contributed by atoms with Crippen LogP contribution in [0, 0.1) is 6.92 Å². The van der Waals surface area contributed by atoms with E-state index < -0.39 is 5.97 Å². The molecule has 3 rings (SSSR count). The second-order valence-electron chi connectivity index (χ2n) is 4.24. The Morgan fingerprint density at radius 3 is 2.89 bits per heavy atom. The van der Waals surface area contributed by atoms with Gasteiger partial charge in [0.15, 0.2) is 5.76 Å². The second-order valence-corrected chi connectivity index (χ2v) is 4.24. The molecule has 0 unspecified atom stereocenters. The average Bonchev–Trinajstić information content (AvgIpc) is 2.93. The third-order valence-electron chi connectivity index (χ3n) is 2.92. The molecule has 0 fully saturated rings. The Kier molecular flexibility index (Phi) is 2.23. The van der Waals surface area contributed by atoms with Crippen molar-refractivity contribution in [2.75, 3.05) is 0 Å². The van der Waals surface area contributed by atoms with Crippen LogP contribution in [0.3, 0.4) is 0 Å². The fourth-order valence-electron chi connectivity index (χ4n) is 2.06. The summed E-state index contributed by atoms with van der Waals surface area (Å²) in [6.07, 6.45) is 1.38. The number of hydrogen-bond donors (Lipinski definition) is 2. The van der Waals surface area contributed by atoms with Crippen LogP contribution in [0.2, 0.25) is 0 Å². The Labute approximate surface area is 103 Å². The van der Waals surface area contributed by atoms with Crippen LogP contribution in [-0.2, 0) is 0 Å². The normalized spacial score (nSPS) is 10.9. The van der Waals surface area contributed by atoms with E-state index in [1.807, 2.05) is 31.2 Å². The molecule has 0 aliphatic heterocycles. The van der Waals surface area contributed by atoms with E-state index in [9.17, 15) is 4.79 Å². The lowest BCUT2D eigenvalue weighted by Crippen LogP contribution is -1.95. The van der Waals surface area contributed by atoms with E-state index in [-0.39, 0.29) is 5.56 Å². The summed E-state index contributed by atoms with van der Waals surface area (Å²) in [5, 5.41) is 10.1. The molecule has 90 valence electrons. The molecule has 2 N–H and O–H groups in total. The number of aromatic nitrogens is 1. The molecule has 2 heterocycles. The lowest BCUT2D eigenvalue weighted by molar-refractivity contribution is 0.0697. The number of carboxylic acid groups (broad SMARTS) is 1. The summed E-state index contributed by atoms with van der Waals surface area (Å²) in [7, 11) is 0. The molecule has 3 aromatic rings. The van der Waals surface area contributed by atoms with Crippen molar-refractivity contribution in [2.24, 2.45) is 0 Å². The molecule has 4 nitrogen and oxygen atoms in total. The number of rotatable bonds is 2. The lowest BCUT2D eigenvalue weighted by atomic mass is 10.1. The van der Waals surface area contributed by atoms with Crippen molar-refractivity contribution >= 4 is 16.9 Å². The van der Waals surface area contributed by atoms with Crippen LogP contribution in [0.5, 0.6) is 0 Å². The van der Waals surface area contributed by atoms with E-state index in [1.54, 1.807) is 0 Å². The number of nitrogens with one attached hydrogen (secondary N) is 1. The van der Waals surface area contributed by atoms with Gasteiger partial charge < -0.3 is 14.5 Å². The maximum atomic E-state index is 11.1. The minimum atomic E-state index is -0.992. The highest BCUT2D eigenvalue weighted by Gasteiger charge is 2.16. The Balaban J connectivity index is 2.19. The molecule has 0 amide bonds. The number of hydrogen-bond acceptors (Lipinski definition) is 2. The molecular formula is C14H11NO3. The monoisotopic (exact) mass is 241 g/mol. The first-order chi connectivity index (χ1) is 8.65. The maximum absolute atomic E-state index is 11.1. The minimum absolute atomic E-state index is 0.165. The summed E-state index contributed by atoms with van der Waals surface area (Å²) in [5.74, 6) is -0.634. The number of H-pyrrole nitrogens is 1. The molecule has 0 radical (unpaired) electrons. The van der Waals surface area contributed by atoms with Gasteiger partial charge in [-0.2, -0.15) is 0 Å². The number of furan rings is 1. The molecule has 4 heteroatoms. The predicted molar refractivity (Wildman–Crippen MR) is 67.7 cm³/mol. The van der Waals surface area contributed by atoms with Crippen molar-refractivity contribution < 1.29 is 14.3 Å². The first-order valence-electron chi connectivity index (χ1n) is 5.55. The maximum Gasteiger partial charge on any atom is 0.339 e. The molecule has 0 saturated heterocycles. The van der Waals surface area contributed by atoms with Crippen LogP contribution < -0.4 is 0 Å². The van der Waals surface area contributed by atoms with Gasteiger partial charge in [0.25, 0.3) is 0 Å². The highest BCUT2D eigenvalue weighted by Crippen LogP contribution is 2.28. The van der Waals surface area contributed by atoms with Gasteiger partial charge in [0.05, 0.1) is 12.0 Å². The van der Waals surface area contributed by atoms with Crippen molar-refractivity contribution in [3.63, 3.8) is 0 Å². The van der Waals surface area contributed by atoms with Gasteiger partial charge in [0, 0.05) is 10.9 Å². The number of benzene rings is 1. The fraction of sp³-hybridized carbons (Fsp3) is 0.0714. The molecule has 0 spiro atoms. The smallest absolute Gasteiger partial charge is 0.339 e. The minimum Gasteiger partial charge on any atom is -0.478 e. The summed E-state index contributed by atoms with van der Waals surface area (Å²) in [5.41, 5.74) is 2.96. The summed E-state index contributed by atoms with van der Waals surface area (Å²) < 4.78 is 5.26. The van der Waals surface area contributed by atoms with Crippen molar-refractivity contribution in [1.29, 1.82) is 0 Å². The molecular weight excluding hydrogens is 230 g/mol. The van der Waals surface area contributed by atoms with Crippen LogP contribution in [0.4, 0.5) is 0 Å². The SMILES string of the molecule is Cc1ccc2[nH]c(-c3occc3C(=O)O)cc2c1. The van der Waals surface area contributed by atoms with Crippen molar-refractivity contribution in [3.05, 3.63) is 47.7 Å². The number of fused-ring (bicyclic) bond motifs is 1. The molecule has 0 aliphatic carbocycles. The van der Waals surface area contributed by atoms with Gasteiger partial charge in [-0.15, -0.1) is 0 Å². The van der Waals surface area contributed by atoms with Crippen LogP contribution in [0.15, 0.2) is 41.0 Å². The van der Waals surface area contributed by atoms with E-state index in [4.69, 9.17) is 9.52 Å². The van der Waals surface area contributed by atoms with Crippen molar-refractivity contribution in [1.82, 2.24) is 4.98 Å². The highest BCUT2D eigenvalue weighted by atomic mass is 16.4. The topological polar surface area (TPSA) is 66.2 Å². The largest absolute Gasteiger partial charge is 0.478 e. The van der Waals surface area contributed by atoms with Crippen molar-refractivity contribution in [2.45, 2.75) is 6.92 Å². The van der Waals surface area contributed by atoms with Gasteiger partial charge >= 0.3 is 5.97 Å². The van der Waals surface area contributed by atoms with Gasteiger partial charge in [-0.25, -0.2) is 4.79 Å². The molecule has 2 aromatic heterocycles. The summed E-state index contributed by atoms with van der Waals surface area (Å²) in [6, 6.07) is 9.36. The van der Waals surface area contributed by atoms with E-state index in [1.165, 1.54) is 12.3 Å². The first-order valence-corrected chi connectivity index (χ1v) is 5.55. The van der Waals surface area contributed by atoms with E-state index >= 15 is 0 Å². The highest BCUT2D eigenvalue weighted by molar-refractivity contribution is 5.96. The summed E-state index contributed by atoms with van der Waals surface area (Å²) in [4.78, 5) is 14.2. The fourth-order valence-corrected chi connectivity index (χ4v) is 2.06. The molecule has 0 atom stereocenters. The quantitative estimate of drug-likeness (QED) is 0.722. The summed E-state index contributed by atoms with van der Waals surface area (Å²) in [6.45, 7) is 2.02. The standard InChI is InChI=1S/C14H11NO3/c1-8-2-3-11-9(6-8)7-12(15-11)13-10(14(16)17)4-5-18-13/h2-7,15H,1H3,(H,16,17). The number of aryl methyl sites for hydroxylation is 1. The molecule has 1 aromatic carbocycles. The van der Waals surface area contributed by atoms with Gasteiger partial charge in [0.2, 0.25) is 0 Å². The second kappa shape index (κ2) is 3.77. The van der Waals surface area contributed by atoms with Crippen LogP contribution in [-0.4, -0.2) is 16.1 Å². The Hall–Kier alpha value is -2.49. The van der Waals surface area contributed by atoms with Crippen LogP contribution >= 0.6 is 0 Å². The number of carbonyl (C=O) groups is 1. The zero-order valence-corrected chi connectivity index (χ0v) is 9.73. The molecule has 18 heavy (non-hydrogen) atoms. The van der Waals surface area contributed by atoms with Crippen LogP contribution in [0.1, 0.15) is 15.9 Å². The zero-order valence-electron chi connectivity index (χ0n) is 9.73. The summed E-state index contributed by atoms with van der Waals surface area (Å²) >= 11 is 0. The van der Waals surface area contributed by atoms with E-state index in [0.717, 1.165) is 16.5 Å². The predicted octanol–water partition coefficient (Wildman–Crippen LogP) is 3.43. The van der Waals surface area contributed by atoms with Crippen molar-refractivity contribution in [3.8, 4) is 11.5 Å².